The maximum atomic E-state index is 5.81. The highest BCUT2D eigenvalue weighted by molar-refractivity contribution is 14.1. The summed E-state index contributed by atoms with van der Waals surface area (Å²) in [6.07, 6.45) is 5.32. The second kappa shape index (κ2) is 5.30. The standard InChI is InChI=1S/C10H13IN6/c1-2-3-13-4-5-17-10-7(8(11)16-17)9(12)14-6-15-10/h2-3,6,13H,4-5H2,1H3,(H2,12,14,15). The van der Waals surface area contributed by atoms with Crippen molar-refractivity contribution in [3.63, 3.8) is 0 Å². The first-order valence-corrected chi connectivity index (χ1v) is 6.29. The molecule has 2 rings (SSSR count). The lowest BCUT2D eigenvalue weighted by atomic mass is 10.4. The number of rotatable bonds is 4. The van der Waals surface area contributed by atoms with Gasteiger partial charge in [0.25, 0.3) is 0 Å². The van der Waals surface area contributed by atoms with Crippen LogP contribution >= 0.6 is 22.6 Å². The molecule has 6 nitrogen and oxygen atoms in total. The molecule has 2 aromatic rings. The van der Waals surface area contributed by atoms with Crippen LogP contribution < -0.4 is 11.1 Å². The van der Waals surface area contributed by atoms with Crippen LogP contribution in [-0.2, 0) is 6.54 Å². The summed E-state index contributed by atoms with van der Waals surface area (Å²) in [5.41, 5.74) is 6.59. The summed E-state index contributed by atoms with van der Waals surface area (Å²) in [6.45, 7) is 3.49. The molecule has 0 aromatic carbocycles. The minimum absolute atomic E-state index is 0.479. The molecule has 7 heteroatoms. The van der Waals surface area contributed by atoms with E-state index in [4.69, 9.17) is 5.73 Å². The van der Waals surface area contributed by atoms with Gasteiger partial charge in [-0.3, -0.25) is 0 Å². The van der Waals surface area contributed by atoms with Gasteiger partial charge in [-0.25, -0.2) is 14.6 Å². The van der Waals surface area contributed by atoms with Crippen LogP contribution in [0.3, 0.4) is 0 Å². The third-order valence-corrected chi connectivity index (χ3v) is 3.02. The Morgan fingerprint density at radius 1 is 1.53 bits per heavy atom. The largest absolute Gasteiger partial charge is 0.389 e. The Bertz CT molecular complexity index is 547. The molecule has 2 heterocycles. The van der Waals surface area contributed by atoms with Crippen molar-refractivity contribution in [2.45, 2.75) is 13.5 Å². The summed E-state index contributed by atoms with van der Waals surface area (Å²) in [7, 11) is 0. The SMILES string of the molecule is CC=CNCCn1nc(I)c2c(N)ncnc21. The number of nitrogen functional groups attached to an aromatic ring is 1. The van der Waals surface area contributed by atoms with Gasteiger partial charge in [-0.1, -0.05) is 6.08 Å². The highest BCUT2D eigenvalue weighted by Crippen LogP contribution is 2.21. The number of hydrogen-bond acceptors (Lipinski definition) is 5. The molecule has 0 aliphatic rings. The Kier molecular flexibility index (Phi) is 3.77. The molecule has 0 atom stereocenters. The van der Waals surface area contributed by atoms with Crippen LogP contribution in [0.15, 0.2) is 18.6 Å². The Morgan fingerprint density at radius 3 is 3.12 bits per heavy atom. The van der Waals surface area contributed by atoms with Gasteiger partial charge < -0.3 is 11.1 Å². The van der Waals surface area contributed by atoms with Crippen LogP contribution in [0.2, 0.25) is 0 Å². The van der Waals surface area contributed by atoms with Crippen molar-refractivity contribution < 1.29 is 0 Å². The van der Waals surface area contributed by atoms with Crippen LogP contribution in [-0.4, -0.2) is 26.3 Å². The fourth-order valence-electron chi connectivity index (χ4n) is 1.51. The number of nitrogens with two attached hydrogens (primary N) is 1. The predicted octanol–water partition coefficient (Wildman–Crippen LogP) is 1.14. The number of hydrogen-bond donors (Lipinski definition) is 2. The van der Waals surface area contributed by atoms with Crippen molar-refractivity contribution in [3.05, 3.63) is 22.3 Å². The molecule has 3 N–H and O–H groups in total. The van der Waals surface area contributed by atoms with E-state index in [1.165, 1.54) is 6.33 Å². The number of nitrogens with one attached hydrogen (secondary N) is 1. The van der Waals surface area contributed by atoms with Crippen molar-refractivity contribution in [1.82, 2.24) is 25.1 Å². The molecule has 0 spiro atoms. The average molecular weight is 344 g/mol. The molecule has 2 aromatic heterocycles. The smallest absolute Gasteiger partial charge is 0.164 e. The number of fused-ring (bicyclic) bond motifs is 1. The molecular weight excluding hydrogens is 331 g/mol. The van der Waals surface area contributed by atoms with Crippen molar-refractivity contribution in [2.75, 3.05) is 12.3 Å². The first kappa shape index (κ1) is 12.1. The van der Waals surface area contributed by atoms with Crippen LogP contribution in [0.4, 0.5) is 5.82 Å². The lowest BCUT2D eigenvalue weighted by molar-refractivity contribution is 0.604. The van der Waals surface area contributed by atoms with Gasteiger partial charge in [0.2, 0.25) is 0 Å². The maximum Gasteiger partial charge on any atom is 0.164 e. The second-order valence-corrected chi connectivity index (χ2v) is 4.45. The molecule has 0 saturated carbocycles. The van der Waals surface area contributed by atoms with E-state index in [-0.39, 0.29) is 0 Å². The zero-order valence-corrected chi connectivity index (χ0v) is 11.5. The van der Waals surface area contributed by atoms with E-state index >= 15 is 0 Å². The topological polar surface area (TPSA) is 81.7 Å². The fourth-order valence-corrected chi connectivity index (χ4v) is 2.29. The van der Waals surface area contributed by atoms with Gasteiger partial charge >= 0.3 is 0 Å². The lowest BCUT2D eigenvalue weighted by Gasteiger charge is -2.02. The summed E-state index contributed by atoms with van der Waals surface area (Å²) in [5.74, 6) is 0.479. The lowest BCUT2D eigenvalue weighted by Crippen LogP contribution is -2.15. The minimum Gasteiger partial charge on any atom is -0.389 e. The second-order valence-electron chi connectivity index (χ2n) is 3.43. The number of halogens is 1. The normalized spacial score (nSPS) is 11.4. The molecule has 17 heavy (non-hydrogen) atoms. The Morgan fingerprint density at radius 2 is 2.35 bits per heavy atom. The van der Waals surface area contributed by atoms with Gasteiger partial charge in [0.05, 0.1) is 11.9 Å². The molecule has 0 aliphatic carbocycles. The Labute approximate surface area is 112 Å². The predicted molar refractivity (Wildman–Crippen MR) is 75.3 cm³/mol. The zero-order valence-electron chi connectivity index (χ0n) is 9.39. The average Bonchev–Trinajstić information content (AvgIpc) is 2.63. The quantitative estimate of drug-likeness (QED) is 0.642. The number of aromatic nitrogens is 4. The highest BCUT2D eigenvalue weighted by atomic mass is 127. The zero-order chi connectivity index (χ0) is 12.3. The molecule has 0 fully saturated rings. The number of nitrogens with zero attached hydrogens (tertiary/aromatic N) is 4. The highest BCUT2D eigenvalue weighted by Gasteiger charge is 2.12. The summed E-state index contributed by atoms with van der Waals surface area (Å²) in [5, 5.41) is 8.39. The van der Waals surface area contributed by atoms with Gasteiger partial charge in [-0.15, -0.1) is 0 Å². The Hall–Kier alpha value is -1.38. The van der Waals surface area contributed by atoms with Crippen molar-refractivity contribution in [1.29, 1.82) is 0 Å². The van der Waals surface area contributed by atoms with E-state index in [2.05, 4.69) is 43.0 Å². The van der Waals surface area contributed by atoms with Crippen LogP contribution in [0, 0.1) is 3.70 Å². The van der Waals surface area contributed by atoms with Crippen LogP contribution in [0.25, 0.3) is 11.0 Å². The number of anilines is 1. The fraction of sp³-hybridized carbons (Fsp3) is 0.300. The van der Waals surface area contributed by atoms with Crippen LogP contribution in [0.1, 0.15) is 6.92 Å². The van der Waals surface area contributed by atoms with E-state index in [0.717, 1.165) is 27.8 Å². The molecule has 0 saturated heterocycles. The van der Waals surface area contributed by atoms with E-state index < -0.39 is 0 Å². The molecule has 0 bridgehead atoms. The van der Waals surface area contributed by atoms with Crippen molar-refractivity contribution in [3.8, 4) is 0 Å². The van der Waals surface area contributed by atoms with E-state index in [0.29, 0.717) is 5.82 Å². The summed E-state index contributed by atoms with van der Waals surface area (Å²) in [6, 6.07) is 0. The van der Waals surface area contributed by atoms with Gasteiger partial charge in [0.15, 0.2) is 5.65 Å². The minimum atomic E-state index is 0.479. The van der Waals surface area contributed by atoms with Crippen molar-refractivity contribution in [2.24, 2.45) is 0 Å². The summed E-state index contributed by atoms with van der Waals surface area (Å²) < 4.78 is 2.67. The summed E-state index contributed by atoms with van der Waals surface area (Å²) in [4.78, 5) is 8.19. The molecular formula is C10H13IN6. The maximum absolute atomic E-state index is 5.81. The first-order chi connectivity index (χ1) is 8.24. The molecule has 0 radical (unpaired) electrons. The first-order valence-electron chi connectivity index (χ1n) is 5.21. The van der Waals surface area contributed by atoms with E-state index in [9.17, 15) is 0 Å². The van der Waals surface area contributed by atoms with Gasteiger partial charge in [0.1, 0.15) is 15.8 Å². The molecule has 90 valence electrons. The van der Waals surface area contributed by atoms with Crippen LogP contribution in [0.5, 0.6) is 0 Å². The molecule has 0 unspecified atom stereocenters. The number of allylic oxidation sites excluding steroid dienone is 1. The third-order valence-electron chi connectivity index (χ3n) is 2.27. The van der Waals surface area contributed by atoms with Gasteiger partial charge in [0, 0.05) is 6.54 Å². The third kappa shape index (κ3) is 2.48. The molecule has 0 amide bonds. The molecule has 0 aliphatic heterocycles. The van der Waals surface area contributed by atoms with Gasteiger partial charge in [-0.05, 0) is 35.7 Å². The van der Waals surface area contributed by atoms with Gasteiger partial charge in [-0.2, -0.15) is 5.10 Å². The van der Waals surface area contributed by atoms with E-state index in [1.807, 2.05) is 23.9 Å². The van der Waals surface area contributed by atoms with Crippen molar-refractivity contribution >= 4 is 39.4 Å². The van der Waals surface area contributed by atoms with E-state index in [1.54, 1.807) is 0 Å². The monoisotopic (exact) mass is 344 g/mol. The Balaban J connectivity index is 2.26. The summed E-state index contributed by atoms with van der Waals surface area (Å²) >= 11 is 2.15.